The molecule has 1 aromatic rings. The Morgan fingerprint density at radius 2 is 2.10 bits per heavy atom. The second-order valence-corrected chi connectivity index (χ2v) is 5.35. The lowest BCUT2D eigenvalue weighted by atomic mass is 10.1. The fourth-order valence-electron chi connectivity index (χ4n) is 1.86. The molecular weight excluding hydrogens is 324 g/mol. The highest BCUT2D eigenvalue weighted by Crippen LogP contribution is 2.20. The third kappa shape index (κ3) is 4.94. The van der Waals surface area contributed by atoms with Crippen LogP contribution in [0.25, 0.3) is 0 Å². The summed E-state index contributed by atoms with van der Waals surface area (Å²) in [5, 5.41) is 11.5. The van der Waals surface area contributed by atoms with Gasteiger partial charge in [-0.15, -0.1) is 0 Å². The number of benzene rings is 1. The number of carbonyl (C=O) groups is 2. The van der Waals surface area contributed by atoms with E-state index in [9.17, 15) is 9.59 Å². The van der Waals surface area contributed by atoms with Crippen molar-refractivity contribution in [2.24, 2.45) is 0 Å². The number of nitrogens with one attached hydrogen (secondary N) is 1. The van der Waals surface area contributed by atoms with Gasteiger partial charge in [0.1, 0.15) is 0 Å². The van der Waals surface area contributed by atoms with Gasteiger partial charge in [0.05, 0.1) is 12.1 Å². The number of hydrogen-bond donors (Lipinski definition) is 2. The number of carboxylic acids is 1. The fourth-order valence-corrected chi connectivity index (χ4v) is 2.37. The molecule has 0 aliphatic heterocycles. The van der Waals surface area contributed by atoms with Gasteiger partial charge >= 0.3 is 5.97 Å². The molecule has 0 unspecified atom stereocenters. The van der Waals surface area contributed by atoms with Gasteiger partial charge in [-0.1, -0.05) is 28.9 Å². The predicted octanol–water partition coefficient (Wildman–Crippen LogP) is 2.11. The smallest absolute Gasteiger partial charge is 0.335 e. The van der Waals surface area contributed by atoms with Gasteiger partial charge in [-0.3, -0.25) is 9.69 Å². The molecule has 20 heavy (non-hydrogen) atoms. The lowest BCUT2D eigenvalue weighted by Crippen LogP contribution is -2.35. The molecule has 0 aliphatic carbocycles. The summed E-state index contributed by atoms with van der Waals surface area (Å²) in [6.07, 6.45) is 0.946. The maximum Gasteiger partial charge on any atom is 0.335 e. The average molecular weight is 343 g/mol. The minimum atomic E-state index is -0.951. The van der Waals surface area contributed by atoms with Crippen molar-refractivity contribution in [2.45, 2.75) is 19.9 Å². The summed E-state index contributed by atoms with van der Waals surface area (Å²) in [5.41, 5.74) is 1.21. The van der Waals surface area contributed by atoms with Crippen molar-refractivity contribution in [3.63, 3.8) is 0 Å². The number of nitrogens with zero attached hydrogens (tertiary/aromatic N) is 1. The number of amides is 1. The Labute approximate surface area is 127 Å². The van der Waals surface area contributed by atoms with Gasteiger partial charge in [0.15, 0.2) is 0 Å². The number of hydrogen-bond acceptors (Lipinski definition) is 3. The van der Waals surface area contributed by atoms with E-state index in [1.807, 2.05) is 4.90 Å². The predicted molar refractivity (Wildman–Crippen MR) is 80.7 cm³/mol. The second-order valence-electron chi connectivity index (χ2n) is 4.50. The Morgan fingerprint density at radius 3 is 2.60 bits per heavy atom. The van der Waals surface area contributed by atoms with Gasteiger partial charge in [0.2, 0.25) is 5.91 Å². The van der Waals surface area contributed by atoms with Crippen LogP contribution < -0.4 is 5.32 Å². The third-order valence-corrected chi connectivity index (χ3v) is 3.62. The van der Waals surface area contributed by atoms with Crippen molar-refractivity contribution in [1.82, 2.24) is 10.2 Å². The van der Waals surface area contributed by atoms with Crippen molar-refractivity contribution in [3.05, 3.63) is 33.8 Å². The molecule has 0 bridgehead atoms. The standard InChI is InChI=1S/C14H19BrN2O3/c1-3-6-17(9-13(18)16-2)8-11-5-4-10(14(19)20)7-12(11)15/h4-5,7H,3,6,8-9H2,1-2H3,(H,16,18)(H,19,20). The van der Waals surface area contributed by atoms with Crippen LogP contribution in [0.4, 0.5) is 0 Å². The topological polar surface area (TPSA) is 69.6 Å². The number of halogens is 1. The Balaban J connectivity index is 2.82. The number of likely N-dealkylation sites (N-methyl/N-ethyl adjacent to an activating group) is 1. The van der Waals surface area contributed by atoms with Crippen LogP contribution in [0.15, 0.2) is 22.7 Å². The zero-order valence-corrected chi connectivity index (χ0v) is 13.2. The largest absolute Gasteiger partial charge is 0.478 e. The molecule has 1 amide bonds. The molecule has 1 rings (SSSR count). The zero-order valence-electron chi connectivity index (χ0n) is 11.6. The molecule has 0 saturated heterocycles. The van der Waals surface area contributed by atoms with E-state index in [0.29, 0.717) is 13.1 Å². The van der Waals surface area contributed by atoms with Crippen molar-refractivity contribution in [1.29, 1.82) is 0 Å². The maximum absolute atomic E-state index is 11.5. The molecule has 0 aromatic heterocycles. The quantitative estimate of drug-likeness (QED) is 0.796. The molecule has 0 heterocycles. The van der Waals surface area contributed by atoms with Crippen LogP contribution in [-0.2, 0) is 11.3 Å². The van der Waals surface area contributed by atoms with Gasteiger partial charge in [-0.25, -0.2) is 4.79 Å². The molecule has 0 radical (unpaired) electrons. The maximum atomic E-state index is 11.5. The molecule has 0 fully saturated rings. The molecule has 5 nitrogen and oxygen atoms in total. The molecule has 6 heteroatoms. The highest BCUT2D eigenvalue weighted by Gasteiger charge is 2.12. The summed E-state index contributed by atoms with van der Waals surface area (Å²) >= 11 is 3.39. The molecule has 0 saturated carbocycles. The van der Waals surface area contributed by atoms with Crippen LogP contribution in [0, 0.1) is 0 Å². The molecule has 2 N–H and O–H groups in total. The van der Waals surface area contributed by atoms with Crippen LogP contribution in [0.5, 0.6) is 0 Å². The van der Waals surface area contributed by atoms with E-state index in [-0.39, 0.29) is 11.5 Å². The van der Waals surface area contributed by atoms with Gasteiger partial charge in [-0.05, 0) is 30.7 Å². The van der Waals surface area contributed by atoms with E-state index in [4.69, 9.17) is 5.11 Å². The summed E-state index contributed by atoms with van der Waals surface area (Å²) in [4.78, 5) is 24.4. The van der Waals surface area contributed by atoms with E-state index in [2.05, 4.69) is 28.2 Å². The summed E-state index contributed by atoms with van der Waals surface area (Å²) in [6.45, 7) is 3.79. The molecule has 0 spiro atoms. The lowest BCUT2D eigenvalue weighted by Gasteiger charge is -2.21. The van der Waals surface area contributed by atoms with Crippen LogP contribution in [0.2, 0.25) is 0 Å². The fraction of sp³-hybridized carbons (Fsp3) is 0.429. The molecule has 0 atom stereocenters. The first kappa shape index (κ1) is 16.7. The summed E-state index contributed by atoms with van der Waals surface area (Å²) in [5.74, 6) is -0.982. The monoisotopic (exact) mass is 342 g/mol. The van der Waals surface area contributed by atoms with E-state index in [1.54, 1.807) is 25.2 Å². The van der Waals surface area contributed by atoms with E-state index >= 15 is 0 Å². The number of carboxylic acid groups (broad SMARTS) is 1. The zero-order chi connectivity index (χ0) is 15.1. The Bertz CT molecular complexity index is 491. The summed E-state index contributed by atoms with van der Waals surface area (Å²) in [6, 6.07) is 4.94. The molecule has 0 aliphatic rings. The van der Waals surface area contributed by atoms with Crippen LogP contribution >= 0.6 is 15.9 Å². The van der Waals surface area contributed by atoms with E-state index in [1.165, 1.54) is 0 Å². The first-order valence-corrected chi connectivity index (χ1v) is 7.21. The highest BCUT2D eigenvalue weighted by molar-refractivity contribution is 9.10. The van der Waals surface area contributed by atoms with Gasteiger partial charge < -0.3 is 10.4 Å². The van der Waals surface area contributed by atoms with E-state index < -0.39 is 5.97 Å². The van der Waals surface area contributed by atoms with Crippen molar-refractivity contribution in [2.75, 3.05) is 20.1 Å². The Morgan fingerprint density at radius 1 is 1.40 bits per heavy atom. The number of aromatic carboxylic acids is 1. The van der Waals surface area contributed by atoms with Gasteiger partial charge in [-0.2, -0.15) is 0 Å². The lowest BCUT2D eigenvalue weighted by molar-refractivity contribution is -0.121. The minimum absolute atomic E-state index is 0.0308. The molecule has 1 aromatic carbocycles. The Kier molecular flexibility index (Phi) is 6.67. The highest BCUT2D eigenvalue weighted by atomic mass is 79.9. The second kappa shape index (κ2) is 8.01. The normalized spacial score (nSPS) is 10.6. The van der Waals surface area contributed by atoms with Crippen molar-refractivity contribution in [3.8, 4) is 0 Å². The summed E-state index contributed by atoms with van der Waals surface area (Å²) in [7, 11) is 1.62. The third-order valence-electron chi connectivity index (χ3n) is 2.88. The van der Waals surface area contributed by atoms with Crippen molar-refractivity contribution >= 4 is 27.8 Å². The van der Waals surface area contributed by atoms with Crippen molar-refractivity contribution < 1.29 is 14.7 Å². The van der Waals surface area contributed by atoms with E-state index in [0.717, 1.165) is 23.0 Å². The first-order valence-electron chi connectivity index (χ1n) is 6.42. The first-order chi connectivity index (χ1) is 9.47. The summed E-state index contributed by atoms with van der Waals surface area (Å²) < 4.78 is 0.746. The molecular formula is C14H19BrN2O3. The SMILES string of the molecule is CCCN(CC(=O)NC)Cc1ccc(C(=O)O)cc1Br. The van der Waals surface area contributed by atoms with Gasteiger partial charge in [0.25, 0.3) is 0 Å². The van der Waals surface area contributed by atoms with Gasteiger partial charge in [0, 0.05) is 18.1 Å². The van der Waals surface area contributed by atoms with Crippen LogP contribution in [0.1, 0.15) is 29.3 Å². The van der Waals surface area contributed by atoms with Crippen LogP contribution in [0.3, 0.4) is 0 Å². The molecule has 110 valence electrons. The number of rotatable bonds is 7. The average Bonchev–Trinajstić information content (AvgIpc) is 2.40. The minimum Gasteiger partial charge on any atom is -0.478 e. The number of carbonyl (C=O) groups excluding carboxylic acids is 1. The Hall–Kier alpha value is -1.40. The van der Waals surface area contributed by atoms with Crippen LogP contribution in [-0.4, -0.2) is 42.0 Å².